The van der Waals surface area contributed by atoms with E-state index in [1.165, 1.54) is 22.8 Å². The highest BCUT2D eigenvalue weighted by molar-refractivity contribution is 7.89. The molecule has 9 nitrogen and oxygen atoms in total. The Morgan fingerprint density at radius 1 is 1.38 bits per heavy atom. The Labute approximate surface area is 124 Å². The maximum Gasteiger partial charge on any atom is 0.273 e. The molecule has 1 heterocycles. The lowest BCUT2D eigenvalue weighted by molar-refractivity contribution is -0.384. The quantitative estimate of drug-likeness (QED) is 0.660. The molecule has 2 aromatic rings. The number of nitro benzene ring substituents is 1. The minimum absolute atomic E-state index is 0.127. The first-order chi connectivity index (χ1) is 9.74. The first-order valence-corrected chi connectivity index (χ1v) is 7.57. The van der Waals surface area contributed by atoms with E-state index in [1.807, 2.05) is 0 Å². The molecule has 0 spiro atoms. The fourth-order valence-corrected chi connectivity index (χ4v) is 2.71. The number of nitro groups is 1. The lowest BCUT2D eigenvalue weighted by Gasteiger charge is -2.06. The number of aromatic nitrogens is 3. The van der Waals surface area contributed by atoms with E-state index in [0.29, 0.717) is 0 Å². The zero-order valence-electron chi connectivity index (χ0n) is 10.7. The van der Waals surface area contributed by atoms with Crippen LogP contribution in [0.2, 0.25) is 5.02 Å². The number of non-ortho nitro benzene ring substituents is 1. The van der Waals surface area contributed by atoms with Crippen LogP contribution in [0.15, 0.2) is 23.4 Å². The molecule has 0 atom stereocenters. The van der Waals surface area contributed by atoms with Gasteiger partial charge in [-0.15, -0.1) is 10.2 Å². The van der Waals surface area contributed by atoms with E-state index in [2.05, 4.69) is 10.2 Å². The monoisotopic (exact) mass is 331 g/mol. The summed E-state index contributed by atoms with van der Waals surface area (Å²) in [5.74, 6) is 0.132. The molecule has 0 saturated heterocycles. The highest BCUT2D eigenvalue weighted by atomic mass is 35.5. The normalized spacial score (nSPS) is 11.6. The molecule has 0 unspecified atom stereocenters. The van der Waals surface area contributed by atoms with Crippen LogP contribution in [0, 0.1) is 10.1 Å². The average molecular weight is 332 g/mol. The van der Waals surface area contributed by atoms with Crippen molar-refractivity contribution in [2.45, 2.75) is 18.6 Å². The predicted octanol–water partition coefficient (Wildman–Crippen LogP) is 1.17. The van der Waals surface area contributed by atoms with Crippen molar-refractivity contribution < 1.29 is 13.3 Å². The summed E-state index contributed by atoms with van der Waals surface area (Å²) in [5.41, 5.74) is 0.0405. The van der Waals surface area contributed by atoms with Crippen LogP contribution in [-0.2, 0) is 16.6 Å². The molecule has 2 N–H and O–H groups in total. The number of rotatable bonds is 4. The number of halogens is 1. The Balaban J connectivity index is 2.68. The molecule has 0 aliphatic carbocycles. The van der Waals surface area contributed by atoms with Gasteiger partial charge in [0.25, 0.3) is 20.9 Å². The highest BCUT2D eigenvalue weighted by Crippen LogP contribution is 2.28. The second-order valence-corrected chi connectivity index (χ2v) is 5.94. The topological polar surface area (TPSA) is 134 Å². The third-order valence-corrected chi connectivity index (χ3v) is 3.67. The summed E-state index contributed by atoms with van der Waals surface area (Å²) in [6, 6.07) is 3.84. The molecule has 21 heavy (non-hydrogen) atoms. The van der Waals surface area contributed by atoms with E-state index in [0.717, 1.165) is 0 Å². The molecule has 0 radical (unpaired) electrons. The number of nitrogens with zero attached hydrogens (tertiary/aromatic N) is 4. The summed E-state index contributed by atoms with van der Waals surface area (Å²) < 4.78 is 24.1. The fourth-order valence-electron chi connectivity index (χ4n) is 1.81. The van der Waals surface area contributed by atoms with Crippen molar-refractivity contribution in [3.8, 4) is 11.4 Å². The molecule has 0 aliphatic rings. The molecule has 112 valence electrons. The van der Waals surface area contributed by atoms with E-state index >= 15 is 0 Å². The van der Waals surface area contributed by atoms with Gasteiger partial charge in [-0.05, 0) is 13.0 Å². The van der Waals surface area contributed by atoms with Crippen LogP contribution < -0.4 is 5.14 Å². The SMILES string of the molecule is CCn1c(-c2cc(Cl)cc([N+](=O)[O-])c2)nnc1S(N)(=O)=O. The Bertz CT molecular complexity index is 817. The second kappa shape index (κ2) is 5.39. The van der Waals surface area contributed by atoms with Crippen molar-refractivity contribution in [1.82, 2.24) is 14.8 Å². The van der Waals surface area contributed by atoms with Crippen LogP contribution in [-0.4, -0.2) is 28.1 Å². The third-order valence-electron chi connectivity index (χ3n) is 2.64. The molecule has 2 rings (SSSR count). The molecule has 0 fully saturated rings. The van der Waals surface area contributed by atoms with Gasteiger partial charge >= 0.3 is 0 Å². The van der Waals surface area contributed by atoms with Gasteiger partial charge in [-0.3, -0.25) is 14.7 Å². The molecule has 11 heteroatoms. The Kier molecular flexibility index (Phi) is 3.94. The van der Waals surface area contributed by atoms with Gasteiger partial charge < -0.3 is 0 Å². The zero-order chi connectivity index (χ0) is 15.8. The van der Waals surface area contributed by atoms with Crippen molar-refractivity contribution in [2.24, 2.45) is 5.14 Å². The van der Waals surface area contributed by atoms with Crippen molar-refractivity contribution in [2.75, 3.05) is 0 Å². The van der Waals surface area contributed by atoms with E-state index in [1.54, 1.807) is 6.92 Å². The summed E-state index contributed by atoms with van der Waals surface area (Å²) >= 11 is 5.83. The van der Waals surface area contributed by atoms with Gasteiger partial charge in [0.05, 0.1) is 4.92 Å². The minimum Gasteiger partial charge on any atom is -0.297 e. The second-order valence-electron chi connectivity index (χ2n) is 4.05. The maximum atomic E-state index is 11.4. The predicted molar refractivity (Wildman–Crippen MR) is 74.2 cm³/mol. The molecule has 0 aliphatic heterocycles. The smallest absolute Gasteiger partial charge is 0.273 e. The van der Waals surface area contributed by atoms with Gasteiger partial charge in [0.2, 0.25) is 0 Å². The summed E-state index contributed by atoms with van der Waals surface area (Å²) in [5, 5.41) is 22.9. The first-order valence-electron chi connectivity index (χ1n) is 5.65. The van der Waals surface area contributed by atoms with Crippen LogP contribution in [0.4, 0.5) is 5.69 Å². The fraction of sp³-hybridized carbons (Fsp3) is 0.200. The Morgan fingerprint density at radius 2 is 2.05 bits per heavy atom. The number of hydrogen-bond acceptors (Lipinski definition) is 6. The molecule has 1 aromatic carbocycles. The van der Waals surface area contributed by atoms with Crippen LogP contribution in [0.25, 0.3) is 11.4 Å². The zero-order valence-corrected chi connectivity index (χ0v) is 12.3. The Hall–Kier alpha value is -2.04. The highest BCUT2D eigenvalue weighted by Gasteiger charge is 2.22. The number of hydrogen-bond donors (Lipinski definition) is 1. The van der Waals surface area contributed by atoms with Crippen LogP contribution in [0.3, 0.4) is 0 Å². The lowest BCUT2D eigenvalue weighted by Crippen LogP contribution is -2.18. The third kappa shape index (κ3) is 3.01. The molecular weight excluding hydrogens is 322 g/mol. The van der Waals surface area contributed by atoms with Crippen LogP contribution in [0.5, 0.6) is 0 Å². The maximum absolute atomic E-state index is 11.4. The van der Waals surface area contributed by atoms with E-state index in [4.69, 9.17) is 16.7 Å². The van der Waals surface area contributed by atoms with Gasteiger partial charge in [-0.2, -0.15) is 0 Å². The molecule has 0 bridgehead atoms. The molecule has 0 saturated carbocycles. The van der Waals surface area contributed by atoms with E-state index in [-0.39, 0.29) is 28.6 Å². The van der Waals surface area contributed by atoms with Gasteiger partial charge in [0, 0.05) is 29.3 Å². The van der Waals surface area contributed by atoms with Gasteiger partial charge in [-0.1, -0.05) is 11.6 Å². The van der Waals surface area contributed by atoms with Crippen molar-refractivity contribution >= 4 is 27.3 Å². The van der Waals surface area contributed by atoms with Crippen LogP contribution >= 0.6 is 11.6 Å². The van der Waals surface area contributed by atoms with Crippen LogP contribution in [0.1, 0.15) is 6.92 Å². The van der Waals surface area contributed by atoms with Gasteiger partial charge in [0.15, 0.2) is 5.82 Å². The lowest BCUT2D eigenvalue weighted by atomic mass is 10.2. The molecular formula is C10H10ClN5O4S. The molecule has 0 amide bonds. The minimum atomic E-state index is -4.05. The standard InChI is InChI=1S/C10H10ClN5O4S/c1-2-15-9(13-14-10(15)21(12,19)20)6-3-7(11)5-8(4-6)16(17)18/h3-5H,2H2,1H3,(H2,12,19,20). The number of benzene rings is 1. The van der Waals surface area contributed by atoms with E-state index < -0.39 is 20.1 Å². The first kappa shape index (κ1) is 15.4. The number of nitrogens with two attached hydrogens (primary N) is 1. The van der Waals surface area contributed by atoms with Gasteiger partial charge in [0.1, 0.15) is 0 Å². The average Bonchev–Trinajstić information content (AvgIpc) is 2.81. The van der Waals surface area contributed by atoms with Gasteiger partial charge in [-0.25, -0.2) is 13.6 Å². The van der Waals surface area contributed by atoms with E-state index in [9.17, 15) is 18.5 Å². The van der Waals surface area contributed by atoms with Crippen molar-refractivity contribution in [3.05, 3.63) is 33.3 Å². The summed E-state index contributed by atoms with van der Waals surface area (Å²) in [7, 11) is -4.05. The van der Waals surface area contributed by atoms with Crippen molar-refractivity contribution in [3.63, 3.8) is 0 Å². The Morgan fingerprint density at radius 3 is 2.57 bits per heavy atom. The van der Waals surface area contributed by atoms with Crippen molar-refractivity contribution in [1.29, 1.82) is 0 Å². The summed E-state index contributed by atoms with van der Waals surface area (Å²) in [6.45, 7) is 1.88. The molecule has 1 aromatic heterocycles. The summed E-state index contributed by atoms with van der Waals surface area (Å²) in [4.78, 5) is 10.2. The number of sulfonamides is 1. The number of primary sulfonamides is 1. The summed E-state index contributed by atoms with van der Waals surface area (Å²) in [6.07, 6.45) is 0. The largest absolute Gasteiger partial charge is 0.297 e.